The molecule has 0 unspecified atom stereocenters. The molecule has 0 aliphatic carbocycles. The normalized spacial score (nSPS) is 20.6. The summed E-state index contributed by atoms with van der Waals surface area (Å²) in [4.78, 5) is 37.2. The van der Waals surface area contributed by atoms with Gasteiger partial charge >= 0.3 is 6.09 Å². The number of ether oxygens (including phenoxy) is 1. The Morgan fingerprint density at radius 3 is 2.32 bits per heavy atom. The highest BCUT2D eigenvalue weighted by molar-refractivity contribution is 5.92. The SMILES string of the molecule is CC[C@H](C)[C@H](NC(=O)OC(C)(C)C)C(=O)N1CC[C@H]1C(N)=O. The van der Waals surface area contributed by atoms with Crippen molar-refractivity contribution < 1.29 is 19.1 Å². The van der Waals surface area contributed by atoms with Crippen LogP contribution in [0.4, 0.5) is 4.79 Å². The van der Waals surface area contributed by atoms with Crippen LogP contribution in [0.15, 0.2) is 0 Å². The van der Waals surface area contributed by atoms with Gasteiger partial charge < -0.3 is 20.7 Å². The van der Waals surface area contributed by atoms with Gasteiger partial charge in [0.2, 0.25) is 11.8 Å². The molecular weight excluding hydrogens is 286 g/mol. The summed E-state index contributed by atoms with van der Waals surface area (Å²) in [5.41, 5.74) is 4.64. The summed E-state index contributed by atoms with van der Waals surface area (Å²) in [5.74, 6) is -0.871. The Morgan fingerprint density at radius 1 is 1.36 bits per heavy atom. The molecule has 3 N–H and O–H groups in total. The van der Waals surface area contributed by atoms with Crippen LogP contribution in [0.5, 0.6) is 0 Å². The monoisotopic (exact) mass is 313 g/mol. The van der Waals surface area contributed by atoms with Crippen LogP contribution in [-0.2, 0) is 14.3 Å². The van der Waals surface area contributed by atoms with Crippen LogP contribution in [0.1, 0.15) is 47.5 Å². The minimum absolute atomic E-state index is 0.0749. The van der Waals surface area contributed by atoms with E-state index in [0.29, 0.717) is 19.4 Å². The first-order valence-electron chi connectivity index (χ1n) is 7.66. The van der Waals surface area contributed by atoms with Crippen molar-refractivity contribution in [2.24, 2.45) is 11.7 Å². The number of primary amides is 1. The Bertz CT molecular complexity index is 445. The molecule has 1 heterocycles. The first-order chi connectivity index (χ1) is 10.1. The van der Waals surface area contributed by atoms with Crippen molar-refractivity contribution in [1.82, 2.24) is 10.2 Å². The van der Waals surface area contributed by atoms with Gasteiger partial charge in [-0.15, -0.1) is 0 Å². The molecule has 0 aromatic rings. The van der Waals surface area contributed by atoms with Crippen molar-refractivity contribution in [3.63, 3.8) is 0 Å². The van der Waals surface area contributed by atoms with Crippen molar-refractivity contribution in [1.29, 1.82) is 0 Å². The number of amides is 3. The van der Waals surface area contributed by atoms with E-state index in [2.05, 4.69) is 5.32 Å². The number of nitrogens with zero attached hydrogens (tertiary/aromatic N) is 1. The summed E-state index contributed by atoms with van der Waals surface area (Å²) >= 11 is 0. The number of hydrogen-bond acceptors (Lipinski definition) is 4. The third kappa shape index (κ3) is 4.61. The second kappa shape index (κ2) is 6.98. The Morgan fingerprint density at radius 2 is 1.95 bits per heavy atom. The number of alkyl carbamates (subject to hydrolysis) is 1. The van der Waals surface area contributed by atoms with Crippen LogP contribution < -0.4 is 11.1 Å². The van der Waals surface area contributed by atoms with Gasteiger partial charge in [0, 0.05) is 6.54 Å². The number of nitrogens with one attached hydrogen (secondary N) is 1. The lowest BCUT2D eigenvalue weighted by atomic mass is 9.94. The molecule has 1 rings (SSSR count). The topological polar surface area (TPSA) is 102 Å². The summed E-state index contributed by atoms with van der Waals surface area (Å²) in [6.45, 7) is 9.55. The van der Waals surface area contributed by atoms with Crippen LogP contribution in [0.3, 0.4) is 0 Å². The molecule has 22 heavy (non-hydrogen) atoms. The molecule has 0 radical (unpaired) electrons. The summed E-state index contributed by atoms with van der Waals surface area (Å²) in [6, 6.07) is -1.29. The summed E-state index contributed by atoms with van der Waals surface area (Å²) in [7, 11) is 0. The van der Waals surface area contributed by atoms with Crippen molar-refractivity contribution in [3.8, 4) is 0 Å². The van der Waals surface area contributed by atoms with Crippen molar-refractivity contribution in [3.05, 3.63) is 0 Å². The maximum atomic E-state index is 12.6. The highest BCUT2D eigenvalue weighted by Gasteiger charge is 2.41. The maximum absolute atomic E-state index is 12.6. The highest BCUT2D eigenvalue weighted by Crippen LogP contribution is 2.21. The molecule has 0 bridgehead atoms. The third-order valence-corrected chi connectivity index (χ3v) is 3.78. The number of likely N-dealkylation sites (tertiary alicyclic amines) is 1. The minimum atomic E-state index is -0.720. The summed E-state index contributed by atoms with van der Waals surface area (Å²) in [6.07, 6.45) is 0.643. The van der Waals surface area contributed by atoms with Gasteiger partial charge in [0.25, 0.3) is 0 Å². The van der Waals surface area contributed by atoms with Crippen LogP contribution in [-0.4, -0.2) is 47.0 Å². The zero-order valence-corrected chi connectivity index (χ0v) is 14.0. The van der Waals surface area contributed by atoms with Gasteiger partial charge in [-0.05, 0) is 33.1 Å². The molecule has 7 nitrogen and oxygen atoms in total. The lowest BCUT2D eigenvalue weighted by Gasteiger charge is -2.41. The van der Waals surface area contributed by atoms with E-state index in [-0.39, 0.29) is 11.8 Å². The number of nitrogens with two attached hydrogens (primary N) is 1. The molecule has 1 aliphatic rings. The van der Waals surface area contributed by atoms with E-state index in [0.717, 1.165) is 0 Å². The maximum Gasteiger partial charge on any atom is 0.408 e. The number of rotatable bonds is 5. The molecule has 1 fully saturated rings. The van der Waals surface area contributed by atoms with E-state index >= 15 is 0 Å². The Balaban J connectivity index is 2.78. The Labute approximate surface area is 131 Å². The molecule has 0 spiro atoms. The van der Waals surface area contributed by atoms with Crippen LogP contribution in [0.25, 0.3) is 0 Å². The highest BCUT2D eigenvalue weighted by atomic mass is 16.6. The fourth-order valence-corrected chi connectivity index (χ4v) is 2.24. The average Bonchev–Trinajstić information content (AvgIpc) is 2.30. The number of carbonyl (C=O) groups excluding carboxylic acids is 3. The predicted molar refractivity (Wildman–Crippen MR) is 81.9 cm³/mol. The van der Waals surface area contributed by atoms with Crippen LogP contribution >= 0.6 is 0 Å². The van der Waals surface area contributed by atoms with Gasteiger partial charge in [-0.25, -0.2) is 4.79 Å². The largest absolute Gasteiger partial charge is 0.444 e. The fourth-order valence-electron chi connectivity index (χ4n) is 2.24. The quantitative estimate of drug-likeness (QED) is 0.791. The van der Waals surface area contributed by atoms with Gasteiger partial charge in [0.05, 0.1) is 0 Å². The molecule has 1 saturated heterocycles. The van der Waals surface area contributed by atoms with Crippen LogP contribution in [0.2, 0.25) is 0 Å². The standard InChI is InChI=1S/C15H27N3O4/c1-6-9(2)11(17-14(21)22-15(3,4)5)13(20)18-8-7-10(18)12(16)19/h9-11H,6-8H2,1-5H3,(H2,16,19)(H,17,21)/t9-,10-,11-/m0/s1. The third-order valence-electron chi connectivity index (χ3n) is 3.78. The van der Waals surface area contributed by atoms with Crippen molar-refractivity contribution in [2.45, 2.75) is 65.1 Å². The molecule has 1 aliphatic heterocycles. The lowest BCUT2D eigenvalue weighted by Crippen LogP contribution is -2.63. The molecule has 7 heteroatoms. The van der Waals surface area contributed by atoms with Crippen molar-refractivity contribution in [2.75, 3.05) is 6.54 Å². The molecule has 0 aromatic heterocycles. The van der Waals surface area contributed by atoms with Gasteiger partial charge in [-0.1, -0.05) is 20.3 Å². The molecule has 0 saturated carbocycles. The predicted octanol–water partition coefficient (Wildman–Crippen LogP) is 1.01. The summed E-state index contributed by atoms with van der Waals surface area (Å²) in [5, 5.41) is 2.63. The average molecular weight is 313 g/mol. The van der Waals surface area contributed by atoms with Crippen LogP contribution in [0, 0.1) is 5.92 Å². The zero-order valence-electron chi connectivity index (χ0n) is 14.0. The molecule has 126 valence electrons. The van der Waals surface area contributed by atoms with E-state index in [1.165, 1.54) is 4.90 Å². The van der Waals surface area contributed by atoms with Gasteiger partial charge in [0.1, 0.15) is 17.7 Å². The molecule has 0 aromatic carbocycles. The zero-order chi connectivity index (χ0) is 17.1. The fraction of sp³-hybridized carbons (Fsp3) is 0.800. The van der Waals surface area contributed by atoms with E-state index in [1.54, 1.807) is 20.8 Å². The second-order valence-corrected chi connectivity index (χ2v) is 6.75. The number of carbonyl (C=O) groups is 3. The minimum Gasteiger partial charge on any atom is -0.444 e. The van der Waals surface area contributed by atoms with E-state index in [1.807, 2.05) is 13.8 Å². The number of hydrogen-bond donors (Lipinski definition) is 2. The van der Waals surface area contributed by atoms with Gasteiger partial charge in [-0.3, -0.25) is 9.59 Å². The smallest absolute Gasteiger partial charge is 0.408 e. The molecular formula is C15H27N3O4. The Kier molecular flexibility index (Phi) is 5.79. The lowest BCUT2D eigenvalue weighted by molar-refractivity contribution is -0.148. The van der Waals surface area contributed by atoms with Gasteiger partial charge in [-0.2, -0.15) is 0 Å². The van der Waals surface area contributed by atoms with Crippen molar-refractivity contribution >= 4 is 17.9 Å². The molecule has 3 atom stereocenters. The second-order valence-electron chi connectivity index (χ2n) is 6.75. The molecule has 3 amide bonds. The first-order valence-corrected chi connectivity index (χ1v) is 7.66. The Hall–Kier alpha value is -1.79. The first kappa shape index (κ1) is 18.3. The van der Waals surface area contributed by atoms with E-state index < -0.39 is 29.7 Å². The van der Waals surface area contributed by atoms with E-state index in [4.69, 9.17) is 10.5 Å². The van der Waals surface area contributed by atoms with Gasteiger partial charge in [0.15, 0.2) is 0 Å². The van der Waals surface area contributed by atoms with E-state index in [9.17, 15) is 14.4 Å². The summed E-state index contributed by atoms with van der Waals surface area (Å²) < 4.78 is 5.21.